The van der Waals surface area contributed by atoms with E-state index in [4.69, 9.17) is 4.74 Å². The van der Waals surface area contributed by atoms with Crippen LogP contribution in [0.4, 0.5) is 0 Å². The van der Waals surface area contributed by atoms with Crippen molar-refractivity contribution >= 4 is 11.8 Å². The summed E-state index contributed by atoms with van der Waals surface area (Å²) < 4.78 is 6.19. The Labute approximate surface area is 119 Å². The van der Waals surface area contributed by atoms with E-state index in [1.807, 2.05) is 18.5 Å². The van der Waals surface area contributed by atoms with Gasteiger partial charge in [0.05, 0.1) is 12.2 Å². The second-order valence-corrected chi connectivity index (χ2v) is 6.66. The minimum Gasteiger partial charge on any atom is -0.373 e. The van der Waals surface area contributed by atoms with Crippen LogP contribution >= 0.6 is 11.8 Å². The lowest BCUT2D eigenvalue weighted by molar-refractivity contribution is 0.0251. The molecule has 0 unspecified atom stereocenters. The average molecular weight is 278 g/mol. The van der Waals surface area contributed by atoms with E-state index in [-0.39, 0.29) is 0 Å². The van der Waals surface area contributed by atoms with Crippen molar-refractivity contribution in [1.29, 1.82) is 0 Å². The molecule has 0 aliphatic carbocycles. The largest absolute Gasteiger partial charge is 0.373 e. The lowest BCUT2D eigenvalue weighted by Crippen LogP contribution is -2.38. The van der Waals surface area contributed by atoms with Crippen molar-refractivity contribution in [2.75, 3.05) is 31.1 Å². The summed E-state index contributed by atoms with van der Waals surface area (Å²) in [6, 6.07) is 4.15. The predicted molar refractivity (Wildman–Crippen MR) is 79.6 cm³/mol. The maximum atomic E-state index is 6.19. The Hall–Kier alpha value is -0.580. The molecule has 1 aromatic heterocycles. The van der Waals surface area contributed by atoms with Crippen molar-refractivity contribution in [3.63, 3.8) is 0 Å². The summed E-state index contributed by atoms with van der Waals surface area (Å²) in [5.41, 5.74) is 1.29. The second kappa shape index (κ2) is 6.73. The van der Waals surface area contributed by atoms with Crippen LogP contribution < -0.4 is 0 Å². The van der Waals surface area contributed by atoms with Crippen LogP contribution in [0, 0.1) is 0 Å². The zero-order valence-electron chi connectivity index (χ0n) is 11.3. The van der Waals surface area contributed by atoms with Gasteiger partial charge < -0.3 is 4.74 Å². The molecular weight excluding hydrogens is 256 g/mol. The van der Waals surface area contributed by atoms with Crippen molar-refractivity contribution < 1.29 is 4.74 Å². The van der Waals surface area contributed by atoms with Gasteiger partial charge in [0.1, 0.15) is 0 Å². The van der Waals surface area contributed by atoms with Gasteiger partial charge in [0.15, 0.2) is 0 Å². The van der Waals surface area contributed by atoms with E-state index < -0.39 is 0 Å². The molecule has 4 heteroatoms. The molecule has 1 aromatic rings. The maximum absolute atomic E-state index is 6.19. The van der Waals surface area contributed by atoms with Gasteiger partial charge in [-0.2, -0.15) is 11.8 Å². The summed E-state index contributed by atoms with van der Waals surface area (Å²) in [5, 5.41) is 0. The standard InChI is InChI=1S/C15H22N2OS/c1-2-13(11-16-5-1)10-14-3-4-15(18-14)12-17-6-8-19-9-7-17/h1-2,5,11,14-15H,3-4,6-10,12H2/t14-,15+/m0/s1. The number of thioether (sulfide) groups is 1. The number of pyridine rings is 1. The Morgan fingerprint density at radius 1 is 1.26 bits per heavy atom. The Kier molecular flexibility index (Phi) is 4.75. The molecule has 104 valence electrons. The molecule has 3 nitrogen and oxygen atoms in total. The van der Waals surface area contributed by atoms with Gasteiger partial charge in [0.25, 0.3) is 0 Å². The summed E-state index contributed by atoms with van der Waals surface area (Å²) in [6.45, 7) is 3.60. The average Bonchev–Trinajstić information content (AvgIpc) is 2.88. The van der Waals surface area contributed by atoms with Crippen molar-refractivity contribution in [3.8, 4) is 0 Å². The second-order valence-electron chi connectivity index (χ2n) is 5.44. The number of nitrogens with zero attached hydrogens (tertiary/aromatic N) is 2. The third kappa shape index (κ3) is 3.94. The summed E-state index contributed by atoms with van der Waals surface area (Å²) in [6.07, 6.45) is 8.06. The zero-order chi connectivity index (χ0) is 12.9. The van der Waals surface area contributed by atoms with Gasteiger partial charge in [0.2, 0.25) is 0 Å². The summed E-state index contributed by atoms with van der Waals surface area (Å²) in [4.78, 5) is 6.74. The highest BCUT2D eigenvalue weighted by atomic mass is 32.2. The topological polar surface area (TPSA) is 25.4 Å². The van der Waals surface area contributed by atoms with Crippen molar-refractivity contribution in [1.82, 2.24) is 9.88 Å². The smallest absolute Gasteiger partial charge is 0.0706 e. The SMILES string of the molecule is c1cncc(C[C@@H]2CC[C@H](CN3CCSCC3)O2)c1. The van der Waals surface area contributed by atoms with Crippen molar-refractivity contribution in [2.24, 2.45) is 0 Å². The fourth-order valence-electron chi connectivity index (χ4n) is 2.92. The van der Waals surface area contributed by atoms with Crippen molar-refractivity contribution in [2.45, 2.75) is 31.5 Å². The zero-order valence-corrected chi connectivity index (χ0v) is 12.1. The monoisotopic (exact) mass is 278 g/mol. The molecule has 3 rings (SSSR count). The van der Waals surface area contributed by atoms with E-state index in [1.165, 1.54) is 43.0 Å². The Morgan fingerprint density at radius 2 is 2.11 bits per heavy atom. The van der Waals surface area contributed by atoms with E-state index in [0.29, 0.717) is 12.2 Å². The molecule has 3 heterocycles. The molecule has 0 bridgehead atoms. The highest BCUT2D eigenvalue weighted by molar-refractivity contribution is 7.99. The van der Waals surface area contributed by atoms with Crippen LogP contribution in [0.3, 0.4) is 0 Å². The molecule has 2 fully saturated rings. The van der Waals surface area contributed by atoms with Crippen LogP contribution in [0.15, 0.2) is 24.5 Å². The quantitative estimate of drug-likeness (QED) is 0.843. The number of ether oxygens (including phenoxy) is 1. The number of rotatable bonds is 4. The third-order valence-electron chi connectivity index (χ3n) is 3.95. The highest BCUT2D eigenvalue weighted by Crippen LogP contribution is 2.24. The maximum Gasteiger partial charge on any atom is 0.0706 e. The lowest BCUT2D eigenvalue weighted by atomic mass is 10.1. The van der Waals surface area contributed by atoms with E-state index in [1.54, 1.807) is 0 Å². The minimum absolute atomic E-state index is 0.397. The fraction of sp³-hybridized carbons (Fsp3) is 0.667. The molecule has 2 atom stereocenters. The molecule has 2 saturated heterocycles. The Bertz CT molecular complexity index is 381. The number of hydrogen-bond acceptors (Lipinski definition) is 4. The summed E-state index contributed by atoms with van der Waals surface area (Å²) in [5.74, 6) is 2.57. The van der Waals surface area contributed by atoms with E-state index in [0.717, 1.165) is 13.0 Å². The van der Waals surface area contributed by atoms with Crippen LogP contribution in [-0.2, 0) is 11.2 Å². The van der Waals surface area contributed by atoms with Crippen LogP contribution in [0.25, 0.3) is 0 Å². The molecule has 19 heavy (non-hydrogen) atoms. The number of aromatic nitrogens is 1. The Balaban J connectivity index is 1.44. The van der Waals surface area contributed by atoms with E-state index in [9.17, 15) is 0 Å². The van der Waals surface area contributed by atoms with Gasteiger partial charge in [-0.15, -0.1) is 0 Å². The van der Waals surface area contributed by atoms with E-state index in [2.05, 4.69) is 27.7 Å². The van der Waals surface area contributed by atoms with Gasteiger partial charge in [-0.3, -0.25) is 9.88 Å². The Morgan fingerprint density at radius 3 is 2.89 bits per heavy atom. The summed E-state index contributed by atoms with van der Waals surface area (Å²) >= 11 is 2.07. The molecule has 0 radical (unpaired) electrons. The molecule has 2 aliphatic heterocycles. The highest BCUT2D eigenvalue weighted by Gasteiger charge is 2.27. The first-order chi connectivity index (χ1) is 9.40. The van der Waals surface area contributed by atoms with Crippen LogP contribution in [0.5, 0.6) is 0 Å². The first-order valence-electron chi connectivity index (χ1n) is 7.24. The van der Waals surface area contributed by atoms with Crippen LogP contribution in [0.2, 0.25) is 0 Å². The fourth-order valence-corrected chi connectivity index (χ4v) is 3.90. The van der Waals surface area contributed by atoms with Gasteiger partial charge in [-0.1, -0.05) is 6.07 Å². The molecule has 2 aliphatic rings. The molecule has 0 aromatic carbocycles. The molecular formula is C15H22N2OS. The van der Waals surface area contributed by atoms with Crippen LogP contribution in [0.1, 0.15) is 18.4 Å². The molecule has 0 saturated carbocycles. The molecule has 0 spiro atoms. The normalized spacial score (nSPS) is 28.6. The third-order valence-corrected chi connectivity index (χ3v) is 4.89. The molecule has 0 N–H and O–H groups in total. The van der Waals surface area contributed by atoms with Crippen molar-refractivity contribution in [3.05, 3.63) is 30.1 Å². The number of hydrogen-bond donors (Lipinski definition) is 0. The van der Waals surface area contributed by atoms with Gasteiger partial charge in [0, 0.05) is 50.0 Å². The first-order valence-corrected chi connectivity index (χ1v) is 8.40. The minimum atomic E-state index is 0.397. The molecule has 0 amide bonds. The van der Waals surface area contributed by atoms with Gasteiger partial charge in [-0.05, 0) is 24.5 Å². The van der Waals surface area contributed by atoms with Crippen LogP contribution in [-0.4, -0.2) is 53.2 Å². The lowest BCUT2D eigenvalue weighted by Gasteiger charge is -2.28. The first kappa shape index (κ1) is 13.4. The predicted octanol–water partition coefficient (Wildman–Crippen LogP) is 2.22. The van der Waals surface area contributed by atoms with Gasteiger partial charge in [-0.25, -0.2) is 0 Å². The summed E-state index contributed by atoms with van der Waals surface area (Å²) in [7, 11) is 0. The van der Waals surface area contributed by atoms with Gasteiger partial charge >= 0.3 is 0 Å². The van der Waals surface area contributed by atoms with E-state index >= 15 is 0 Å².